The zero-order valence-corrected chi connectivity index (χ0v) is 13.7. The number of nitrogens with one attached hydrogen (secondary N) is 1. The third kappa shape index (κ3) is 5.78. The first-order valence-electron chi connectivity index (χ1n) is 7.27. The molecule has 7 nitrogen and oxygen atoms in total. The van der Waals surface area contributed by atoms with Gasteiger partial charge in [-0.15, -0.1) is 0 Å². The fourth-order valence-electron chi connectivity index (χ4n) is 2.40. The first-order valence-corrected chi connectivity index (χ1v) is 7.27. The van der Waals surface area contributed by atoms with Crippen LogP contribution in [0.15, 0.2) is 0 Å². The second-order valence-electron chi connectivity index (χ2n) is 6.27. The van der Waals surface area contributed by atoms with Crippen LogP contribution in [-0.2, 0) is 14.2 Å². The van der Waals surface area contributed by atoms with Crippen LogP contribution in [0.5, 0.6) is 0 Å². The number of hydrogen-bond acceptors (Lipinski definition) is 6. The molecule has 1 rings (SSSR count). The van der Waals surface area contributed by atoms with Gasteiger partial charge in [-0.1, -0.05) is 0 Å². The lowest BCUT2D eigenvalue weighted by Gasteiger charge is -2.27. The average molecular weight is 303 g/mol. The largest absolute Gasteiger partial charge is 0.444 e. The van der Waals surface area contributed by atoms with Gasteiger partial charge in [0.15, 0.2) is 0 Å². The van der Waals surface area contributed by atoms with Crippen LogP contribution in [0.3, 0.4) is 0 Å². The van der Waals surface area contributed by atoms with Crippen LogP contribution < -0.4 is 11.1 Å². The smallest absolute Gasteiger partial charge is 0.407 e. The van der Waals surface area contributed by atoms with Crippen molar-refractivity contribution < 1.29 is 19.0 Å². The molecule has 1 aliphatic heterocycles. The predicted octanol–water partition coefficient (Wildman–Crippen LogP) is 0.184. The highest BCUT2D eigenvalue weighted by Crippen LogP contribution is 2.17. The van der Waals surface area contributed by atoms with E-state index in [-0.39, 0.29) is 18.2 Å². The lowest BCUT2D eigenvalue weighted by atomic mass is 10.2. The van der Waals surface area contributed by atoms with Gasteiger partial charge in [0.25, 0.3) is 0 Å². The van der Waals surface area contributed by atoms with Crippen molar-refractivity contribution in [2.45, 2.75) is 44.6 Å². The summed E-state index contributed by atoms with van der Waals surface area (Å²) in [6.45, 7) is 7.88. The minimum absolute atomic E-state index is 0.0329. The summed E-state index contributed by atoms with van der Waals surface area (Å²) in [5.41, 5.74) is 5.32. The molecule has 1 heterocycles. The van der Waals surface area contributed by atoms with Gasteiger partial charge in [-0.3, -0.25) is 4.90 Å². The summed E-state index contributed by atoms with van der Waals surface area (Å²) in [6, 6.07) is 0.0373. The summed E-state index contributed by atoms with van der Waals surface area (Å²) >= 11 is 0. The van der Waals surface area contributed by atoms with Crippen LogP contribution in [0.4, 0.5) is 4.79 Å². The third-order valence-electron chi connectivity index (χ3n) is 3.52. The SMILES string of the molecule is COC1CN(C(CN)CNC(=O)OC(C)(C)C)CC1OC. The first kappa shape index (κ1) is 18.2. The Kier molecular flexibility index (Phi) is 6.86. The summed E-state index contributed by atoms with van der Waals surface area (Å²) in [4.78, 5) is 13.9. The molecule has 1 aliphatic rings. The van der Waals surface area contributed by atoms with Gasteiger partial charge in [0.1, 0.15) is 5.60 Å². The number of rotatable bonds is 6. The van der Waals surface area contributed by atoms with Crippen LogP contribution in [0.1, 0.15) is 20.8 Å². The molecular formula is C14H29N3O4. The minimum atomic E-state index is -0.502. The maximum Gasteiger partial charge on any atom is 0.407 e. The molecule has 21 heavy (non-hydrogen) atoms. The normalized spacial score (nSPS) is 24.9. The number of carbonyl (C=O) groups is 1. The van der Waals surface area contributed by atoms with Crippen molar-refractivity contribution in [1.29, 1.82) is 0 Å². The van der Waals surface area contributed by atoms with Crippen molar-refractivity contribution >= 4 is 6.09 Å². The van der Waals surface area contributed by atoms with Gasteiger partial charge in [0.05, 0.1) is 12.2 Å². The van der Waals surface area contributed by atoms with Gasteiger partial charge in [-0.2, -0.15) is 0 Å². The number of alkyl carbamates (subject to hydrolysis) is 1. The van der Waals surface area contributed by atoms with E-state index in [1.54, 1.807) is 14.2 Å². The summed E-state index contributed by atoms with van der Waals surface area (Å²) in [5.74, 6) is 0. The van der Waals surface area contributed by atoms with E-state index in [1.807, 2.05) is 20.8 Å². The van der Waals surface area contributed by atoms with Crippen LogP contribution in [0.25, 0.3) is 0 Å². The second kappa shape index (κ2) is 7.93. The molecule has 0 aromatic rings. The topological polar surface area (TPSA) is 86.1 Å². The third-order valence-corrected chi connectivity index (χ3v) is 3.52. The number of nitrogens with two attached hydrogens (primary N) is 1. The first-order chi connectivity index (χ1) is 9.80. The fourth-order valence-corrected chi connectivity index (χ4v) is 2.40. The van der Waals surface area contributed by atoms with Crippen molar-refractivity contribution in [1.82, 2.24) is 10.2 Å². The van der Waals surface area contributed by atoms with Gasteiger partial charge in [0, 0.05) is 46.4 Å². The van der Waals surface area contributed by atoms with Crippen LogP contribution >= 0.6 is 0 Å². The molecule has 3 unspecified atom stereocenters. The van der Waals surface area contributed by atoms with E-state index in [1.165, 1.54) is 0 Å². The Labute approximate surface area is 127 Å². The molecule has 0 aliphatic carbocycles. The summed E-state index contributed by atoms with van der Waals surface area (Å²) in [5, 5.41) is 2.77. The number of nitrogens with zero attached hydrogens (tertiary/aromatic N) is 1. The lowest BCUT2D eigenvalue weighted by Crippen LogP contribution is -2.48. The van der Waals surface area contributed by atoms with E-state index in [2.05, 4.69) is 10.2 Å². The van der Waals surface area contributed by atoms with Crippen molar-refractivity contribution in [3.8, 4) is 0 Å². The molecule has 0 saturated carbocycles. The van der Waals surface area contributed by atoms with Crippen molar-refractivity contribution in [3.05, 3.63) is 0 Å². The molecule has 0 radical (unpaired) electrons. The van der Waals surface area contributed by atoms with E-state index in [0.717, 1.165) is 13.1 Å². The highest BCUT2D eigenvalue weighted by molar-refractivity contribution is 5.67. The quantitative estimate of drug-likeness (QED) is 0.728. The van der Waals surface area contributed by atoms with Crippen molar-refractivity contribution in [2.75, 3.05) is 40.4 Å². The van der Waals surface area contributed by atoms with Crippen molar-refractivity contribution in [2.24, 2.45) is 5.73 Å². The van der Waals surface area contributed by atoms with Crippen LogP contribution in [0, 0.1) is 0 Å². The Morgan fingerprint density at radius 1 is 1.29 bits per heavy atom. The number of likely N-dealkylation sites (tertiary alicyclic amines) is 1. The molecule has 0 aromatic carbocycles. The zero-order valence-electron chi connectivity index (χ0n) is 13.7. The summed E-state index contributed by atoms with van der Waals surface area (Å²) < 4.78 is 16.0. The Hall–Kier alpha value is -0.890. The van der Waals surface area contributed by atoms with Crippen LogP contribution in [-0.4, -0.2) is 75.2 Å². The maximum absolute atomic E-state index is 11.7. The van der Waals surface area contributed by atoms with Gasteiger partial charge >= 0.3 is 6.09 Å². The standard InChI is InChI=1S/C14H29N3O4/c1-14(2,3)21-13(18)16-7-10(6-15)17-8-11(19-4)12(9-17)20-5/h10-12H,6-9,15H2,1-5H3,(H,16,18). The average Bonchev–Trinajstić information content (AvgIpc) is 2.80. The monoisotopic (exact) mass is 303 g/mol. The Bertz CT molecular complexity index is 321. The Morgan fingerprint density at radius 3 is 2.19 bits per heavy atom. The molecule has 0 aromatic heterocycles. The van der Waals surface area contributed by atoms with E-state index in [0.29, 0.717) is 13.1 Å². The Balaban J connectivity index is 2.47. The summed E-state index contributed by atoms with van der Waals surface area (Å²) in [6.07, 6.45) is -0.358. The molecule has 0 bridgehead atoms. The maximum atomic E-state index is 11.7. The number of carbonyl (C=O) groups excluding carboxylic acids is 1. The van der Waals surface area contributed by atoms with E-state index in [9.17, 15) is 4.79 Å². The predicted molar refractivity (Wildman–Crippen MR) is 80.2 cm³/mol. The Morgan fingerprint density at radius 2 is 1.81 bits per heavy atom. The van der Waals surface area contributed by atoms with Gasteiger partial charge in [0.2, 0.25) is 0 Å². The number of ether oxygens (including phenoxy) is 3. The molecule has 0 spiro atoms. The molecule has 3 atom stereocenters. The van der Waals surface area contributed by atoms with E-state index < -0.39 is 11.7 Å². The van der Waals surface area contributed by atoms with Gasteiger partial charge in [-0.25, -0.2) is 4.79 Å². The highest BCUT2D eigenvalue weighted by Gasteiger charge is 2.36. The van der Waals surface area contributed by atoms with Crippen molar-refractivity contribution in [3.63, 3.8) is 0 Å². The van der Waals surface area contributed by atoms with Gasteiger partial charge in [-0.05, 0) is 20.8 Å². The number of methoxy groups -OCH3 is 2. The van der Waals surface area contributed by atoms with E-state index >= 15 is 0 Å². The van der Waals surface area contributed by atoms with Crippen LogP contribution in [0.2, 0.25) is 0 Å². The highest BCUT2D eigenvalue weighted by atomic mass is 16.6. The molecule has 1 fully saturated rings. The second-order valence-corrected chi connectivity index (χ2v) is 6.27. The molecule has 124 valence electrons. The molecular weight excluding hydrogens is 274 g/mol. The van der Waals surface area contributed by atoms with Gasteiger partial charge < -0.3 is 25.3 Å². The lowest BCUT2D eigenvalue weighted by molar-refractivity contribution is -0.00461. The molecule has 3 N–H and O–H groups in total. The molecule has 7 heteroatoms. The van der Waals surface area contributed by atoms with E-state index in [4.69, 9.17) is 19.9 Å². The molecule has 1 amide bonds. The zero-order chi connectivity index (χ0) is 16.0. The number of amides is 1. The minimum Gasteiger partial charge on any atom is -0.444 e. The molecule has 1 saturated heterocycles. The number of hydrogen-bond donors (Lipinski definition) is 2. The summed E-state index contributed by atoms with van der Waals surface area (Å²) in [7, 11) is 3.35. The fraction of sp³-hybridized carbons (Fsp3) is 0.929.